The van der Waals surface area contributed by atoms with Crippen molar-refractivity contribution in [2.24, 2.45) is 5.92 Å². The second-order valence-corrected chi connectivity index (χ2v) is 9.31. The maximum absolute atomic E-state index is 12.5. The first kappa shape index (κ1) is 24.6. The fraction of sp³-hybridized carbons (Fsp3) is 0.450. The zero-order valence-electron chi connectivity index (χ0n) is 17.7. The number of thiazole rings is 1. The molecule has 9 nitrogen and oxygen atoms in total. The number of nitrogens with zero attached hydrogens (tertiary/aromatic N) is 1. The smallest absolute Gasteiger partial charge is 0.322 e. The van der Waals surface area contributed by atoms with Crippen LogP contribution in [0.25, 0.3) is 0 Å². The molecule has 1 aromatic heterocycles. The van der Waals surface area contributed by atoms with Gasteiger partial charge in [0.2, 0.25) is 0 Å². The van der Waals surface area contributed by atoms with Gasteiger partial charge in [0, 0.05) is 17.3 Å². The number of nitrogens with one attached hydrogen (secondary N) is 2. The topological polar surface area (TPSA) is 124 Å². The van der Waals surface area contributed by atoms with Gasteiger partial charge < -0.3 is 14.8 Å². The standard InChI is InChI=1S/C20H27N3O6S2/c1-4-5-6-7-16(17(18(24)28-2)19(25)29-3)22-14-8-10-15(11-9-14)31(26,27)23-20-21-12-13-30-20/h8-13,16-17,22H,4-7H2,1-3H3,(H,21,23). The van der Waals surface area contributed by atoms with E-state index >= 15 is 0 Å². The van der Waals surface area contributed by atoms with Gasteiger partial charge in [0.25, 0.3) is 10.0 Å². The SMILES string of the molecule is CCCCCC(Nc1ccc(S(=O)(=O)Nc2nccs2)cc1)C(C(=O)OC)C(=O)OC. The van der Waals surface area contributed by atoms with Crippen molar-refractivity contribution >= 4 is 44.1 Å². The molecule has 0 spiro atoms. The van der Waals surface area contributed by atoms with E-state index in [1.165, 1.54) is 43.9 Å². The lowest BCUT2D eigenvalue weighted by Crippen LogP contribution is -2.41. The Morgan fingerprint density at radius 2 is 1.74 bits per heavy atom. The molecule has 0 aliphatic heterocycles. The van der Waals surface area contributed by atoms with Crippen LogP contribution >= 0.6 is 11.3 Å². The zero-order chi connectivity index (χ0) is 22.9. The van der Waals surface area contributed by atoms with Gasteiger partial charge in [0.15, 0.2) is 11.0 Å². The quantitative estimate of drug-likeness (QED) is 0.276. The van der Waals surface area contributed by atoms with Gasteiger partial charge in [-0.3, -0.25) is 14.3 Å². The van der Waals surface area contributed by atoms with Crippen molar-refractivity contribution in [2.75, 3.05) is 24.3 Å². The highest BCUT2D eigenvalue weighted by atomic mass is 32.2. The highest BCUT2D eigenvalue weighted by Crippen LogP contribution is 2.23. The third kappa shape index (κ3) is 6.93. The minimum absolute atomic E-state index is 0.0632. The summed E-state index contributed by atoms with van der Waals surface area (Å²) in [6.45, 7) is 2.06. The van der Waals surface area contributed by atoms with Crippen LogP contribution in [0.15, 0.2) is 40.7 Å². The van der Waals surface area contributed by atoms with Gasteiger partial charge in [-0.05, 0) is 30.7 Å². The van der Waals surface area contributed by atoms with Crippen LogP contribution in [0.3, 0.4) is 0 Å². The van der Waals surface area contributed by atoms with Crippen LogP contribution in [0.2, 0.25) is 0 Å². The summed E-state index contributed by atoms with van der Waals surface area (Å²) < 4.78 is 37.0. The van der Waals surface area contributed by atoms with Gasteiger partial charge in [-0.15, -0.1) is 11.3 Å². The summed E-state index contributed by atoms with van der Waals surface area (Å²) >= 11 is 1.18. The first-order valence-electron chi connectivity index (χ1n) is 9.77. The van der Waals surface area contributed by atoms with Crippen molar-refractivity contribution in [3.8, 4) is 0 Å². The molecule has 2 rings (SSSR count). The molecular weight excluding hydrogens is 442 g/mol. The number of anilines is 2. The number of carbonyl (C=O) groups is 2. The number of carbonyl (C=O) groups excluding carboxylic acids is 2. The van der Waals surface area contributed by atoms with Crippen LogP contribution in [0.1, 0.15) is 32.6 Å². The molecule has 11 heteroatoms. The molecule has 0 saturated carbocycles. The molecule has 0 aliphatic carbocycles. The van der Waals surface area contributed by atoms with Crippen LogP contribution in [-0.4, -0.2) is 45.6 Å². The van der Waals surface area contributed by atoms with Gasteiger partial charge in [-0.2, -0.15) is 0 Å². The summed E-state index contributed by atoms with van der Waals surface area (Å²) in [5.74, 6) is -2.51. The number of sulfonamides is 1. The van der Waals surface area contributed by atoms with E-state index in [1.807, 2.05) is 0 Å². The molecule has 1 atom stereocenters. The minimum Gasteiger partial charge on any atom is -0.468 e. The molecule has 0 radical (unpaired) electrons. The predicted molar refractivity (Wildman–Crippen MR) is 118 cm³/mol. The number of unbranched alkanes of at least 4 members (excludes halogenated alkanes) is 2. The Kier molecular flexibility index (Phi) is 9.25. The summed E-state index contributed by atoms with van der Waals surface area (Å²) in [5, 5.41) is 5.11. The van der Waals surface area contributed by atoms with E-state index in [4.69, 9.17) is 9.47 Å². The molecule has 0 amide bonds. The first-order valence-corrected chi connectivity index (χ1v) is 12.1. The van der Waals surface area contributed by atoms with Crippen molar-refractivity contribution in [3.63, 3.8) is 0 Å². The Labute approximate surface area is 186 Å². The van der Waals surface area contributed by atoms with E-state index in [1.54, 1.807) is 17.5 Å². The average Bonchev–Trinajstić information content (AvgIpc) is 3.26. The number of hydrogen-bond acceptors (Lipinski definition) is 9. The third-order valence-electron chi connectivity index (χ3n) is 4.60. The maximum atomic E-state index is 12.5. The van der Waals surface area contributed by atoms with E-state index < -0.39 is 33.9 Å². The normalized spacial score (nSPS) is 12.3. The highest BCUT2D eigenvalue weighted by molar-refractivity contribution is 7.93. The molecule has 1 heterocycles. The number of benzene rings is 1. The highest BCUT2D eigenvalue weighted by Gasteiger charge is 2.36. The van der Waals surface area contributed by atoms with Crippen LogP contribution in [-0.2, 0) is 29.1 Å². The van der Waals surface area contributed by atoms with Gasteiger partial charge >= 0.3 is 11.9 Å². The van der Waals surface area contributed by atoms with Crippen LogP contribution < -0.4 is 10.0 Å². The average molecular weight is 470 g/mol. The van der Waals surface area contributed by atoms with Crippen LogP contribution in [0, 0.1) is 5.92 Å². The van der Waals surface area contributed by atoms with Crippen LogP contribution in [0.5, 0.6) is 0 Å². The molecule has 0 bridgehead atoms. The zero-order valence-corrected chi connectivity index (χ0v) is 19.3. The van der Waals surface area contributed by atoms with Crippen molar-refractivity contribution in [1.82, 2.24) is 4.98 Å². The lowest BCUT2D eigenvalue weighted by Gasteiger charge is -2.25. The fourth-order valence-electron chi connectivity index (χ4n) is 3.01. The summed E-state index contributed by atoms with van der Waals surface area (Å²) in [6, 6.07) is 5.46. The predicted octanol–water partition coefficient (Wildman–Crippen LogP) is 3.27. The Bertz CT molecular complexity index is 930. The molecule has 0 saturated heterocycles. The largest absolute Gasteiger partial charge is 0.468 e. The number of methoxy groups -OCH3 is 2. The molecule has 1 aromatic carbocycles. The lowest BCUT2D eigenvalue weighted by molar-refractivity contribution is -0.159. The lowest BCUT2D eigenvalue weighted by atomic mass is 9.94. The summed E-state index contributed by atoms with van der Waals surface area (Å²) in [7, 11) is -1.34. The van der Waals surface area contributed by atoms with Gasteiger partial charge in [-0.1, -0.05) is 26.2 Å². The molecule has 0 aliphatic rings. The van der Waals surface area contributed by atoms with Crippen LogP contribution in [0.4, 0.5) is 10.8 Å². The van der Waals surface area contributed by atoms with Crippen molar-refractivity contribution in [3.05, 3.63) is 35.8 Å². The summed E-state index contributed by atoms with van der Waals surface area (Å²) in [6.07, 6.45) is 4.75. The van der Waals surface area contributed by atoms with Crippen molar-refractivity contribution in [2.45, 2.75) is 43.5 Å². The van der Waals surface area contributed by atoms with Gasteiger partial charge in [-0.25, -0.2) is 13.4 Å². The summed E-state index contributed by atoms with van der Waals surface area (Å²) in [4.78, 5) is 28.5. The molecule has 170 valence electrons. The number of rotatable bonds is 12. The number of hydrogen-bond donors (Lipinski definition) is 2. The fourth-order valence-corrected chi connectivity index (χ4v) is 4.80. The Morgan fingerprint density at radius 1 is 1.10 bits per heavy atom. The summed E-state index contributed by atoms with van der Waals surface area (Å²) in [5.41, 5.74) is 0.563. The van der Waals surface area contributed by atoms with E-state index in [-0.39, 0.29) is 10.0 Å². The second-order valence-electron chi connectivity index (χ2n) is 6.74. The van der Waals surface area contributed by atoms with Gasteiger partial charge in [0.1, 0.15) is 0 Å². The third-order valence-corrected chi connectivity index (χ3v) is 6.77. The monoisotopic (exact) mass is 469 g/mol. The number of esters is 2. The molecular formula is C20H27N3O6S2. The van der Waals surface area contributed by atoms with Crippen molar-refractivity contribution in [1.29, 1.82) is 0 Å². The molecule has 1 unspecified atom stereocenters. The van der Waals surface area contributed by atoms with Gasteiger partial charge in [0.05, 0.1) is 25.2 Å². The maximum Gasteiger partial charge on any atom is 0.322 e. The van der Waals surface area contributed by atoms with E-state index in [0.29, 0.717) is 12.1 Å². The Morgan fingerprint density at radius 3 is 2.26 bits per heavy atom. The first-order chi connectivity index (χ1) is 14.8. The van der Waals surface area contributed by atoms with E-state index in [2.05, 4.69) is 21.9 Å². The van der Waals surface area contributed by atoms with E-state index in [9.17, 15) is 18.0 Å². The molecule has 2 aromatic rings. The second kappa shape index (κ2) is 11.7. The van der Waals surface area contributed by atoms with E-state index in [0.717, 1.165) is 19.3 Å². The number of ether oxygens (including phenoxy) is 2. The Hall–Kier alpha value is -2.66. The molecule has 2 N–H and O–H groups in total. The Balaban J connectivity index is 2.21. The minimum atomic E-state index is -3.78. The molecule has 31 heavy (non-hydrogen) atoms. The number of aromatic nitrogens is 1. The van der Waals surface area contributed by atoms with Crippen molar-refractivity contribution < 1.29 is 27.5 Å². The molecule has 0 fully saturated rings.